The quantitative estimate of drug-likeness (QED) is 0.243. The molecule has 1 amide bonds. The molecule has 0 atom stereocenters. The summed E-state index contributed by atoms with van der Waals surface area (Å²) in [7, 11) is -3.11. The summed E-state index contributed by atoms with van der Waals surface area (Å²) in [5.41, 5.74) is -0.281. The molecule has 3 aromatic carbocycles. The van der Waals surface area contributed by atoms with Gasteiger partial charge < -0.3 is 18.2 Å². The number of ether oxygens (including phenoxy) is 1. The largest absolute Gasteiger partial charge is 0.496 e. The minimum atomic E-state index is -4.71. The topological polar surface area (TPSA) is 86.0 Å². The lowest BCUT2D eigenvalue weighted by molar-refractivity contribution is -0.137. The van der Waals surface area contributed by atoms with Crippen molar-refractivity contribution < 1.29 is 39.7 Å². The minimum Gasteiger partial charge on any atom is -0.496 e. The molecule has 0 saturated heterocycles. The summed E-state index contributed by atoms with van der Waals surface area (Å²) >= 11 is 0. The lowest BCUT2D eigenvalue weighted by Gasteiger charge is -2.23. The molecule has 4 aromatic rings. The van der Waals surface area contributed by atoms with Crippen molar-refractivity contribution in [3.63, 3.8) is 0 Å². The van der Waals surface area contributed by atoms with E-state index >= 15 is 0 Å². The number of carbonyl (C=O) groups is 1. The van der Waals surface area contributed by atoms with E-state index in [-0.39, 0.29) is 24.7 Å². The van der Waals surface area contributed by atoms with Crippen LogP contribution >= 0.6 is 0 Å². The number of benzene rings is 3. The van der Waals surface area contributed by atoms with Gasteiger partial charge in [0.1, 0.15) is 22.2 Å². The van der Waals surface area contributed by atoms with Crippen LogP contribution < -0.4 is 8.92 Å². The number of furan rings is 1. The lowest BCUT2D eigenvalue weighted by atomic mass is 10.1. The summed E-state index contributed by atoms with van der Waals surface area (Å²) in [5, 5.41) is 0. The molecule has 11 heteroatoms. The third-order valence-corrected chi connectivity index (χ3v) is 6.72. The number of hydrogen-bond acceptors (Lipinski definition) is 6. The van der Waals surface area contributed by atoms with Gasteiger partial charge >= 0.3 is 16.3 Å². The normalized spacial score (nSPS) is 11.7. The molecule has 1 aromatic heterocycles. The first kappa shape index (κ1) is 26.8. The zero-order valence-electron chi connectivity index (χ0n) is 20.0. The van der Waals surface area contributed by atoms with E-state index in [1.54, 1.807) is 42.5 Å². The Labute approximate surface area is 217 Å². The Balaban J connectivity index is 1.60. The van der Waals surface area contributed by atoms with Crippen LogP contribution in [-0.2, 0) is 29.4 Å². The van der Waals surface area contributed by atoms with Gasteiger partial charge in [-0.15, -0.1) is 0 Å². The Kier molecular flexibility index (Phi) is 7.77. The molecule has 0 spiro atoms. The maximum absolute atomic E-state index is 13.5. The minimum absolute atomic E-state index is 0.0401. The standard InChI is InChI=1S/C27H22F3NO6S/c1-35-25-13-3-2-12-24(25)26(32)31(18-22-10-6-14-36-22)17-19-7-4-9-21(15-19)37-38(33,34)23-11-5-8-20(16-23)27(28,29)30/h2-16H,17-18H2,1H3. The van der Waals surface area contributed by atoms with Crippen molar-refractivity contribution in [2.75, 3.05) is 7.11 Å². The fraction of sp³-hybridized carbons (Fsp3) is 0.148. The molecule has 0 unspecified atom stereocenters. The SMILES string of the molecule is COc1ccccc1C(=O)N(Cc1cccc(OS(=O)(=O)c2cccc(C(F)(F)F)c2)c1)Cc1ccco1. The Morgan fingerprint density at radius 3 is 2.39 bits per heavy atom. The Hall–Kier alpha value is -4.25. The van der Waals surface area contributed by atoms with Crippen molar-refractivity contribution >= 4 is 16.0 Å². The van der Waals surface area contributed by atoms with Crippen LogP contribution in [0.1, 0.15) is 27.2 Å². The van der Waals surface area contributed by atoms with Crippen molar-refractivity contribution in [2.45, 2.75) is 24.2 Å². The zero-order chi connectivity index (χ0) is 27.3. The van der Waals surface area contributed by atoms with Crippen LogP contribution in [0.15, 0.2) is 101 Å². The fourth-order valence-electron chi connectivity index (χ4n) is 3.70. The first-order valence-corrected chi connectivity index (χ1v) is 12.6. The number of hydrogen-bond donors (Lipinski definition) is 0. The molecule has 0 N–H and O–H groups in total. The van der Waals surface area contributed by atoms with E-state index in [1.165, 1.54) is 36.5 Å². The highest BCUT2D eigenvalue weighted by Gasteiger charge is 2.32. The molecule has 198 valence electrons. The molecule has 0 bridgehead atoms. The first-order valence-electron chi connectivity index (χ1n) is 11.2. The highest BCUT2D eigenvalue weighted by atomic mass is 32.2. The van der Waals surface area contributed by atoms with E-state index in [4.69, 9.17) is 13.3 Å². The lowest BCUT2D eigenvalue weighted by Crippen LogP contribution is -2.30. The Morgan fingerprint density at radius 1 is 0.921 bits per heavy atom. The van der Waals surface area contributed by atoms with Gasteiger partial charge in [-0.1, -0.05) is 30.3 Å². The van der Waals surface area contributed by atoms with E-state index in [1.807, 2.05) is 0 Å². The summed E-state index contributed by atoms with van der Waals surface area (Å²) in [6, 6.07) is 19.3. The van der Waals surface area contributed by atoms with Crippen LogP contribution in [0.2, 0.25) is 0 Å². The number of para-hydroxylation sites is 1. The average Bonchev–Trinajstić information content (AvgIpc) is 3.40. The average molecular weight is 546 g/mol. The molecule has 38 heavy (non-hydrogen) atoms. The van der Waals surface area contributed by atoms with Gasteiger partial charge in [0.25, 0.3) is 5.91 Å². The number of alkyl halides is 3. The molecule has 0 aliphatic rings. The van der Waals surface area contributed by atoms with Gasteiger partial charge in [-0.05, 0) is 60.2 Å². The molecule has 0 aliphatic heterocycles. The van der Waals surface area contributed by atoms with Gasteiger partial charge in [-0.3, -0.25) is 4.79 Å². The van der Waals surface area contributed by atoms with Crippen molar-refractivity contribution in [3.05, 3.63) is 114 Å². The molecule has 0 aliphatic carbocycles. The fourth-order valence-corrected chi connectivity index (χ4v) is 4.67. The van der Waals surface area contributed by atoms with Crippen molar-refractivity contribution in [1.29, 1.82) is 0 Å². The van der Waals surface area contributed by atoms with E-state index in [0.29, 0.717) is 28.7 Å². The van der Waals surface area contributed by atoms with Gasteiger partial charge in [0.2, 0.25) is 0 Å². The van der Waals surface area contributed by atoms with E-state index < -0.39 is 26.8 Å². The third kappa shape index (κ3) is 6.35. The second kappa shape index (κ2) is 11.0. The molecular formula is C27H22F3NO6S. The smallest absolute Gasteiger partial charge is 0.416 e. The number of rotatable bonds is 9. The molecule has 4 rings (SSSR count). The molecule has 0 radical (unpaired) electrons. The van der Waals surface area contributed by atoms with Crippen molar-refractivity contribution in [2.24, 2.45) is 0 Å². The highest BCUT2D eigenvalue weighted by Crippen LogP contribution is 2.31. The monoisotopic (exact) mass is 545 g/mol. The summed E-state index contributed by atoms with van der Waals surface area (Å²) in [6.07, 6.45) is -3.23. The number of carbonyl (C=O) groups excluding carboxylic acids is 1. The number of halogens is 3. The van der Waals surface area contributed by atoms with Crippen LogP contribution in [0.5, 0.6) is 11.5 Å². The molecule has 0 saturated carbocycles. The maximum atomic E-state index is 13.5. The number of methoxy groups -OCH3 is 1. The van der Waals surface area contributed by atoms with Crippen molar-refractivity contribution in [1.82, 2.24) is 4.90 Å². The summed E-state index contributed by atoms with van der Waals surface area (Å²) in [5.74, 6) is 0.420. The van der Waals surface area contributed by atoms with E-state index in [0.717, 1.165) is 18.2 Å². The predicted octanol–water partition coefficient (Wildman–Crippen LogP) is 5.92. The Bertz CT molecular complexity index is 1520. The summed E-state index contributed by atoms with van der Waals surface area (Å²) < 4.78 is 80.4. The van der Waals surface area contributed by atoms with E-state index in [2.05, 4.69) is 0 Å². The zero-order valence-corrected chi connectivity index (χ0v) is 20.8. The van der Waals surface area contributed by atoms with Crippen molar-refractivity contribution in [3.8, 4) is 11.5 Å². The molecular weight excluding hydrogens is 523 g/mol. The highest BCUT2D eigenvalue weighted by molar-refractivity contribution is 7.87. The van der Waals surface area contributed by atoms with Gasteiger partial charge in [0.05, 0.1) is 31.0 Å². The van der Waals surface area contributed by atoms with Gasteiger partial charge in [0.15, 0.2) is 0 Å². The number of nitrogens with zero attached hydrogens (tertiary/aromatic N) is 1. The first-order chi connectivity index (χ1) is 18.1. The van der Waals surface area contributed by atoms with Crippen LogP contribution in [0.25, 0.3) is 0 Å². The van der Waals surface area contributed by atoms with Crippen LogP contribution in [0.3, 0.4) is 0 Å². The van der Waals surface area contributed by atoms with Crippen LogP contribution in [0, 0.1) is 0 Å². The summed E-state index contributed by atoms with van der Waals surface area (Å²) in [6.45, 7) is 0.149. The predicted molar refractivity (Wildman–Crippen MR) is 131 cm³/mol. The van der Waals surface area contributed by atoms with E-state index in [9.17, 15) is 26.4 Å². The summed E-state index contributed by atoms with van der Waals surface area (Å²) in [4.78, 5) is 14.3. The van der Waals surface area contributed by atoms with Gasteiger partial charge in [-0.25, -0.2) is 0 Å². The molecule has 0 fully saturated rings. The second-order valence-corrected chi connectivity index (χ2v) is 9.70. The number of amides is 1. The third-order valence-electron chi connectivity index (χ3n) is 5.48. The van der Waals surface area contributed by atoms with Crippen LogP contribution in [0.4, 0.5) is 13.2 Å². The Morgan fingerprint density at radius 2 is 1.68 bits per heavy atom. The second-order valence-electron chi connectivity index (χ2n) is 8.15. The molecule has 7 nitrogen and oxygen atoms in total. The molecule has 1 heterocycles. The van der Waals surface area contributed by atoms with Gasteiger partial charge in [-0.2, -0.15) is 21.6 Å². The van der Waals surface area contributed by atoms with Crippen LogP contribution in [-0.4, -0.2) is 26.3 Å². The van der Waals surface area contributed by atoms with Gasteiger partial charge in [0, 0.05) is 6.54 Å². The maximum Gasteiger partial charge on any atom is 0.416 e.